The third-order valence-electron chi connectivity index (χ3n) is 2.45. The molecule has 0 atom stereocenters. The summed E-state index contributed by atoms with van der Waals surface area (Å²) in [7, 11) is 0. The van der Waals surface area contributed by atoms with Crippen LogP contribution in [0.4, 0.5) is 0 Å². The third-order valence-corrected chi connectivity index (χ3v) is 2.45. The fourth-order valence-electron chi connectivity index (χ4n) is 1.31. The molecule has 90 valence electrons. The zero-order chi connectivity index (χ0) is 12.2. The number of benzene rings is 1. The van der Waals surface area contributed by atoms with Crippen molar-refractivity contribution in [2.45, 2.75) is 20.4 Å². The predicted molar refractivity (Wildman–Crippen MR) is 62.3 cm³/mol. The molecule has 0 saturated heterocycles. The van der Waals surface area contributed by atoms with Gasteiger partial charge < -0.3 is 20.6 Å². The fourth-order valence-corrected chi connectivity index (χ4v) is 1.31. The molecule has 0 unspecified atom stereocenters. The molecule has 0 aliphatic carbocycles. The second-order valence-corrected chi connectivity index (χ2v) is 4.71. The molecule has 16 heavy (non-hydrogen) atoms. The highest BCUT2D eigenvalue weighted by atomic mass is 16.3. The Labute approximate surface area is 95.6 Å². The normalized spacial score (nSPS) is 11.7. The maximum Gasteiger partial charge on any atom is 0.161 e. The smallest absolute Gasteiger partial charge is 0.161 e. The SMILES string of the molecule is CC(C)(CO)CNCc1cccc(O)c1O. The molecule has 0 aromatic heterocycles. The minimum atomic E-state index is -0.188. The van der Waals surface area contributed by atoms with E-state index in [9.17, 15) is 10.2 Å². The van der Waals surface area contributed by atoms with Crippen LogP contribution >= 0.6 is 0 Å². The summed E-state index contributed by atoms with van der Waals surface area (Å²) in [4.78, 5) is 0. The summed E-state index contributed by atoms with van der Waals surface area (Å²) in [6, 6.07) is 4.87. The van der Waals surface area contributed by atoms with Gasteiger partial charge in [-0.1, -0.05) is 26.0 Å². The molecular weight excluding hydrogens is 206 g/mol. The molecule has 0 saturated carbocycles. The Morgan fingerprint density at radius 1 is 1.25 bits per heavy atom. The Morgan fingerprint density at radius 3 is 2.56 bits per heavy atom. The topological polar surface area (TPSA) is 72.7 Å². The first-order valence-electron chi connectivity index (χ1n) is 5.28. The van der Waals surface area contributed by atoms with Crippen LogP contribution in [0.15, 0.2) is 18.2 Å². The van der Waals surface area contributed by atoms with Crippen LogP contribution in [-0.2, 0) is 6.54 Å². The zero-order valence-electron chi connectivity index (χ0n) is 9.70. The lowest BCUT2D eigenvalue weighted by Crippen LogP contribution is -2.31. The van der Waals surface area contributed by atoms with Gasteiger partial charge >= 0.3 is 0 Å². The third kappa shape index (κ3) is 3.40. The molecule has 0 fully saturated rings. The Kier molecular flexibility index (Phi) is 4.15. The lowest BCUT2D eigenvalue weighted by molar-refractivity contribution is 0.156. The summed E-state index contributed by atoms with van der Waals surface area (Å²) in [6.07, 6.45) is 0. The molecule has 1 aromatic carbocycles. The summed E-state index contributed by atoms with van der Waals surface area (Å²) in [5, 5.41) is 31.0. The van der Waals surface area contributed by atoms with Gasteiger partial charge in [0, 0.05) is 30.7 Å². The fraction of sp³-hybridized carbons (Fsp3) is 0.500. The van der Waals surface area contributed by atoms with Crippen LogP contribution in [0, 0.1) is 5.41 Å². The van der Waals surface area contributed by atoms with Crippen molar-refractivity contribution in [1.29, 1.82) is 0 Å². The number of hydrogen-bond donors (Lipinski definition) is 4. The van der Waals surface area contributed by atoms with Crippen LogP contribution < -0.4 is 5.32 Å². The van der Waals surface area contributed by atoms with E-state index in [2.05, 4.69) is 5.32 Å². The lowest BCUT2D eigenvalue weighted by atomic mass is 9.95. The number of phenolic OH excluding ortho intramolecular Hbond substituents is 2. The maximum absolute atomic E-state index is 9.54. The van der Waals surface area contributed by atoms with Crippen molar-refractivity contribution in [3.63, 3.8) is 0 Å². The molecule has 0 amide bonds. The molecule has 0 radical (unpaired) electrons. The number of para-hydroxylation sites is 1. The quantitative estimate of drug-likeness (QED) is 0.568. The second kappa shape index (κ2) is 5.18. The largest absolute Gasteiger partial charge is 0.504 e. The van der Waals surface area contributed by atoms with Crippen molar-refractivity contribution in [2.24, 2.45) is 5.41 Å². The molecule has 0 spiro atoms. The predicted octanol–water partition coefficient (Wildman–Crippen LogP) is 1.21. The standard InChI is InChI=1S/C12H19NO3/c1-12(2,8-14)7-13-6-9-4-3-5-10(15)11(9)16/h3-5,13-16H,6-8H2,1-2H3. The molecule has 4 N–H and O–H groups in total. The average molecular weight is 225 g/mol. The van der Waals surface area contributed by atoms with Crippen LogP contribution in [0.1, 0.15) is 19.4 Å². The number of hydrogen-bond acceptors (Lipinski definition) is 4. The van der Waals surface area contributed by atoms with Crippen molar-refractivity contribution in [1.82, 2.24) is 5.32 Å². The van der Waals surface area contributed by atoms with Gasteiger partial charge in [0.2, 0.25) is 0 Å². The summed E-state index contributed by atoms with van der Waals surface area (Å²) < 4.78 is 0. The van der Waals surface area contributed by atoms with Crippen molar-refractivity contribution in [2.75, 3.05) is 13.2 Å². The van der Waals surface area contributed by atoms with E-state index in [4.69, 9.17) is 5.11 Å². The molecule has 0 aliphatic heterocycles. The van der Waals surface area contributed by atoms with Crippen LogP contribution in [0.2, 0.25) is 0 Å². The van der Waals surface area contributed by atoms with Gasteiger partial charge in [-0.05, 0) is 6.07 Å². The van der Waals surface area contributed by atoms with Gasteiger partial charge in [0.25, 0.3) is 0 Å². The van der Waals surface area contributed by atoms with Gasteiger partial charge in [0.05, 0.1) is 0 Å². The average Bonchev–Trinajstić information content (AvgIpc) is 2.24. The maximum atomic E-state index is 9.54. The van der Waals surface area contributed by atoms with E-state index in [1.165, 1.54) is 6.07 Å². The first kappa shape index (κ1) is 12.8. The number of aliphatic hydroxyl groups is 1. The number of aromatic hydroxyl groups is 2. The van der Waals surface area contributed by atoms with Gasteiger partial charge in [0.1, 0.15) is 0 Å². The molecule has 0 aliphatic rings. The second-order valence-electron chi connectivity index (χ2n) is 4.71. The number of phenols is 2. The monoisotopic (exact) mass is 225 g/mol. The van der Waals surface area contributed by atoms with Gasteiger partial charge in [-0.3, -0.25) is 0 Å². The van der Waals surface area contributed by atoms with E-state index in [0.717, 1.165) is 0 Å². The Balaban J connectivity index is 2.53. The first-order chi connectivity index (χ1) is 7.46. The van der Waals surface area contributed by atoms with Crippen molar-refractivity contribution in [3.05, 3.63) is 23.8 Å². The summed E-state index contributed by atoms with van der Waals surface area (Å²) >= 11 is 0. The molecule has 0 heterocycles. The Morgan fingerprint density at radius 2 is 1.94 bits per heavy atom. The molecule has 1 aromatic rings. The Bertz CT molecular complexity index is 350. The van der Waals surface area contributed by atoms with Crippen molar-refractivity contribution >= 4 is 0 Å². The highest BCUT2D eigenvalue weighted by Gasteiger charge is 2.15. The van der Waals surface area contributed by atoms with E-state index >= 15 is 0 Å². The van der Waals surface area contributed by atoms with Gasteiger partial charge in [-0.2, -0.15) is 0 Å². The van der Waals surface area contributed by atoms with Crippen LogP contribution in [-0.4, -0.2) is 28.5 Å². The summed E-state index contributed by atoms with van der Waals surface area (Å²) in [5.41, 5.74) is 0.459. The van der Waals surface area contributed by atoms with Crippen molar-refractivity contribution in [3.8, 4) is 11.5 Å². The number of aliphatic hydroxyl groups excluding tert-OH is 1. The highest BCUT2D eigenvalue weighted by molar-refractivity contribution is 5.44. The number of nitrogens with one attached hydrogen (secondary N) is 1. The van der Waals surface area contributed by atoms with E-state index in [1.54, 1.807) is 12.1 Å². The molecule has 4 heteroatoms. The minimum Gasteiger partial charge on any atom is -0.504 e. The molecule has 1 rings (SSSR count). The first-order valence-corrected chi connectivity index (χ1v) is 5.28. The van der Waals surface area contributed by atoms with E-state index in [1.807, 2.05) is 13.8 Å². The van der Waals surface area contributed by atoms with E-state index in [-0.39, 0.29) is 23.5 Å². The van der Waals surface area contributed by atoms with Gasteiger partial charge in [0.15, 0.2) is 11.5 Å². The lowest BCUT2D eigenvalue weighted by Gasteiger charge is -2.22. The highest BCUT2D eigenvalue weighted by Crippen LogP contribution is 2.28. The summed E-state index contributed by atoms with van der Waals surface area (Å²) in [5.74, 6) is -0.197. The van der Waals surface area contributed by atoms with E-state index in [0.29, 0.717) is 18.7 Å². The molecule has 4 nitrogen and oxygen atoms in total. The van der Waals surface area contributed by atoms with Gasteiger partial charge in [-0.15, -0.1) is 0 Å². The Hall–Kier alpha value is -1.26. The summed E-state index contributed by atoms with van der Waals surface area (Å²) in [6.45, 7) is 5.10. The number of rotatable bonds is 5. The molecular formula is C12H19NO3. The van der Waals surface area contributed by atoms with Crippen LogP contribution in [0.25, 0.3) is 0 Å². The van der Waals surface area contributed by atoms with Crippen LogP contribution in [0.5, 0.6) is 11.5 Å². The molecule has 0 bridgehead atoms. The van der Waals surface area contributed by atoms with Gasteiger partial charge in [-0.25, -0.2) is 0 Å². The van der Waals surface area contributed by atoms with Crippen molar-refractivity contribution < 1.29 is 15.3 Å². The minimum absolute atomic E-state index is 0.0863. The zero-order valence-corrected chi connectivity index (χ0v) is 9.70. The van der Waals surface area contributed by atoms with E-state index < -0.39 is 0 Å². The van der Waals surface area contributed by atoms with Crippen LogP contribution in [0.3, 0.4) is 0 Å².